The highest BCUT2D eigenvalue weighted by Crippen LogP contribution is 2.22. The average molecular weight is 262 g/mol. The molecule has 0 spiro atoms. The molecule has 5 nitrogen and oxygen atoms in total. The zero-order chi connectivity index (χ0) is 13.8. The summed E-state index contributed by atoms with van der Waals surface area (Å²) in [5.41, 5.74) is 1.30. The molecule has 0 aromatic carbocycles. The van der Waals surface area contributed by atoms with Gasteiger partial charge < -0.3 is 14.4 Å². The molecule has 1 unspecified atom stereocenters. The van der Waals surface area contributed by atoms with E-state index >= 15 is 0 Å². The van der Waals surface area contributed by atoms with Crippen LogP contribution in [0.5, 0.6) is 0 Å². The van der Waals surface area contributed by atoms with Gasteiger partial charge in [-0.2, -0.15) is 4.98 Å². The molecule has 2 aromatic rings. The minimum Gasteiger partial charge on any atom is -0.345 e. The molecule has 0 amide bonds. The molecule has 0 bridgehead atoms. The molecule has 0 saturated heterocycles. The van der Waals surface area contributed by atoms with Gasteiger partial charge in [0, 0.05) is 18.4 Å². The van der Waals surface area contributed by atoms with Crippen LogP contribution >= 0.6 is 0 Å². The monoisotopic (exact) mass is 262 g/mol. The van der Waals surface area contributed by atoms with Gasteiger partial charge in [-0.1, -0.05) is 25.9 Å². The third kappa shape index (κ3) is 3.44. The van der Waals surface area contributed by atoms with Crippen LogP contribution < -0.4 is 5.32 Å². The molecule has 19 heavy (non-hydrogen) atoms. The Bertz CT molecular complexity index is 515. The molecule has 5 heteroatoms. The second-order valence-electron chi connectivity index (χ2n) is 5.13. The maximum absolute atomic E-state index is 5.14. The van der Waals surface area contributed by atoms with Crippen molar-refractivity contribution in [3.8, 4) is 0 Å². The SMILES string of the molecule is CCNC(c1ccn(Cc2nc(C)no2)c1)C(C)C. The van der Waals surface area contributed by atoms with E-state index in [9.17, 15) is 0 Å². The third-order valence-corrected chi connectivity index (χ3v) is 3.11. The van der Waals surface area contributed by atoms with E-state index in [1.807, 2.05) is 6.92 Å². The fourth-order valence-electron chi connectivity index (χ4n) is 2.26. The van der Waals surface area contributed by atoms with E-state index < -0.39 is 0 Å². The molecule has 104 valence electrons. The summed E-state index contributed by atoms with van der Waals surface area (Å²) >= 11 is 0. The third-order valence-electron chi connectivity index (χ3n) is 3.11. The molecule has 0 aliphatic rings. The topological polar surface area (TPSA) is 55.9 Å². The minimum atomic E-state index is 0.385. The van der Waals surface area contributed by atoms with Crippen molar-refractivity contribution in [1.29, 1.82) is 0 Å². The first kappa shape index (κ1) is 13.8. The van der Waals surface area contributed by atoms with Crippen molar-refractivity contribution in [3.63, 3.8) is 0 Å². The van der Waals surface area contributed by atoms with Crippen molar-refractivity contribution in [2.75, 3.05) is 6.54 Å². The molecule has 0 radical (unpaired) electrons. The zero-order valence-corrected chi connectivity index (χ0v) is 12.1. The first-order valence-corrected chi connectivity index (χ1v) is 6.78. The van der Waals surface area contributed by atoms with Gasteiger partial charge in [0.1, 0.15) is 6.54 Å². The summed E-state index contributed by atoms with van der Waals surface area (Å²) in [6, 6.07) is 2.53. The maximum Gasteiger partial charge on any atom is 0.246 e. The van der Waals surface area contributed by atoms with Crippen LogP contribution in [0.3, 0.4) is 0 Å². The molecule has 2 aromatic heterocycles. The highest BCUT2D eigenvalue weighted by atomic mass is 16.5. The van der Waals surface area contributed by atoms with E-state index in [2.05, 4.69) is 59.3 Å². The van der Waals surface area contributed by atoms with Crippen molar-refractivity contribution >= 4 is 0 Å². The predicted octanol–water partition coefficient (Wildman–Crippen LogP) is 2.53. The van der Waals surface area contributed by atoms with Crippen molar-refractivity contribution < 1.29 is 4.52 Å². The Kier molecular flexibility index (Phi) is 4.37. The largest absolute Gasteiger partial charge is 0.345 e. The van der Waals surface area contributed by atoms with Crippen LogP contribution in [-0.2, 0) is 6.54 Å². The van der Waals surface area contributed by atoms with Crippen LogP contribution in [0.2, 0.25) is 0 Å². The number of hydrogen-bond donors (Lipinski definition) is 1. The molecule has 2 rings (SSSR count). The number of nitrogens with one attached hydrogen (secondary N) is 1. The van der Waals surface area contributed by atoms with Crippen LogP contribution in [0, 0.1) is 12.8 Å². The lowest BCUT2D eigenvalue weighted by Gasteiger charge is -2.20. The lowest BCUT2D eigenvalue weighted by Crippen LogP contribution is -2.25. The van der Waals surface area contributed by atoms with Crippen LogP contribution in [0.4, 0.5) is 0 Å². The molecule has 1 N–H and O–H groups in total. The number of aromatic nitrogens is 3. The zero-order valence-electron chi connectivity index (χ0n) is 12.1. The summed E-state index contributed by atoms with van der Waals surface area (Å²) in [6.45, 7) is 10.0. The van der Waals surface area contributed by atoms with Gasteiger partial charge in [0.2, 0.25) is 5.89 Å². The Morgan fingerprint density at radius 3 is 2.79 bits per heavy atom. The van der Waals surface area contributed by atoms with Gasteiger partial charge in [0.25, 0.3) is 0 Å². The van der Waals surface area contributed by atoms with Gasteiger partial charge in [-0.05, 0) is 31.0 Å². The van der Waals surface area contributed by atoms with Gasteiger partial charge >= 0.3 is 0 Å². The summed E-state index contributed by atoms with van der Waals surface area (Å²) in [5.74, 6) is 1.88. The average Bonchev–Trinajstić information content (AvgIpc) is 2.96. The second kappa shape index (κ2) is 6.02. The molecule has 1 atom stereocenters. The molecular weight excluding hydrogens is 240 g/mol. The molecule has 2 heterocycles. The fraction of sp³-hybridized carbons (Fsp3) is 0.571. The Balaban J connectivity index is 2.09. The quantitative estimate of drug-likeness (QED) is 0.869. The van der Waals surface area contributed by atoms with Crippen LogP contribution in [0.25, 0.3) is 0 Å². The van der Waals surface area contributed by atoms with E-state index in [4.69, 9.17) is 4.52 Å². The fourth-order valence-corrected chi connectivity index (χ4v) is 2.26. The van der Waals surface area contributed by atoms with Gasteiger partial charge in [-0.25, -0.2) is 0 Å². The van der Waals surface area contributed by atoms with Crippen LogP contribution in [0.15, 0.2) is 23.0 Å². The molecule has 0 aliphatic heterocycles. The highest BCUT2D eigenvalue weighted by Gasteiger charge is 2.15. The molecule has 0 aliphatic carbocycles. The molecule has 0 saturated carbocycles. The Labute approximate surface area is 114 Å². The van der Waals surface area contributed by atoms with Crippen LogP contribution in [0.1, 0.15) is 44.1 Å². The van der Waals surface area contributed by atoms with Crippen molar-refractivity contribution in [1.82, 2.24) is 20.0 Å². The van der Waals surface area contributed by atoms with Crippen LogP contribution in [-0.4, -0.2) is 21.3 Å². The van der Waals surface area contributed by atoms with E-state index in [1.165, 1.54) is 5.56 Å². The standard InChI is InChI=1S/C14H22N4O/c1-5-15-14(10(2)3)12-6-7-18(8-12)9-13-16-11(4)17-19-13/h6-8,10,14-15H,5,9H2,1-4H3. The first-order chi connectivity index (χ1) is 9.10. The number of rotatable bonds is 6. The lowest BCUT2D eigenvalue weighted by molar-refractivity contribution is 0.367. The second-order valence-corrected chi connectivity index (χ2v) is 5.13. The van der Waals surface area contributed by atoms with Crippen molar-refractivity contribution in [3.05, 3.63) is 35.7 Å². The number of aryl methyl sites for hydroxylation is 1. The molecular formula is C14H22N4O. The number of nitrogens with zero attached hydrogens (tertiary/aromatic N) is 3. The van der Waals surface area contributed by atoms with E-state index in [1.54, 1.807) is 0 Å². The Morgan fingerprint density at radius 2 is 2.21 bits per heavy atom. The molecule has 0 fully saturated rings. The van der Waals surface area contributed by atoms with Crippen molar-refractivity contribution in [2.45, 2.75) is 40.3 Å². The summed E-state index contributed by atoms with van der Waals surface area (Å²) < 4.78 is 7.21. The normalized spacial score (nSPS) is 13.1. The van der Waals surface area contributed by atoms with Gasteiger partial charge in [-0.3, -0.25) is 0 Å². The van der Waals surface area contributed by atoms with Gasteiger partial charge in [-0.15, -0.1) is 0 Å². The summed E-state index contributed by atoms with van der Waals surface area (Å²) in [5, 5.41) is 7.32. The Morgan fingerprint density at radius 1 is 1.42 bits per heavy atom. The number of hydrogen-bond acceptors (Lipinski definition) is 4. The van der Waals surface area contributed by atoms with Crippen molar-refractivity contribution in [2.24, 2.45) is 5.92 Å². The summed E-state index contributed by atoms with van der Waals surface area (Å²) in [4.78, 5) is 4.22. The van der Waals surface area contributed by atoms with Gasteiger partial charge in [0.05, 0.1) is 0 Å². The van der Waals surface area contributed by atoms with Gasteiger partial charge in [0.15, 0.2) is 5.82 Å². The van der Waals surface area contributed by atoms with E-state index in [0.717, 1.165) is 6.54 Å². The Hall–Kier alpha value is -1.62. The van der Waals surface area contributed by atoms with E-state index in [-0.39, 0.29) is 0 Å². The highest BCUT2D eigenvalue weighted by molar-refractivity contribution is 5.16. The summed E-state index contributed by atoms with van der Waals surface area (Å²) in [7, 11) is 0. The first-order valence-electron chi connectivity index (χ1n) is 6.78. The minimum absolute atomic E-state index is 0.385. The smallest absolute Gasteiger partial charge is 0.246 e. The lowest BCUT2D eigenvalue weighted by atomic mass is 9.98. The predicted molar refractivity (Wildman–Crippen MR) is 73.8 cm³/mol. The maximum atomic E-state index is 5.14. The summed E-state index contributed by atoms with van der Waals surface area (Å²) in [6.07, 6.45) is 4.20. The van der Waals surface area contributed by atoms with E-state index in [0.29, 0.717) is 30.2 Å².